The van der Waals surface area contributed by atoms with Gasteiger partial charge >= 0.3 is 5.97 Å². The summed E-state index contributed by atoms with van der Waals surface area (Å²) >= 11 is 0. The monoisotopic (exact) mass is 300 g/mol. The number of esters is 1. The minimum atomic E-state index is -0.591. The van der Waals surface area contributed by atoms with Crippen molar-refractivity contribution < 1.29 is 14.3 Å². The Bertz CT molecular complexity index is 649. The minimum Gasteiger partial charge on any atom is -0.484 e. The molecule has 1 heterocycles. The van der Waals surface area contributed by atoms with Gasteiger partial charge in [0.2, 0.25) is 0 Å². The highest BCUT2D eigenvalue weighted by Crippen LogP contribution is 2.23. The number of carbonyl (C=O) groups is 1. The molecule has 2 aromatic rings. The van der Waals surface area contributed by atoms with Gasteiger partial charge < -0.3 is 9.47 Å². The SMILES string of the molecule is Cc1ncnc(C(=O)OC(C)(C)C)c1OCc1ccccc1. The topological polar surface area (TPSA) is 61.3 Å². The molecule has 0 saturated carbocycles. The summed E-state index contributed by atoms with van der Waals surface area (Å²) in [4.78, 5) is 20.4. The van der Waals surface area contributed by atoms with Crippen LogP contribution in [0.4, 0.5) is 0 Å². The Balaban J connectivity index is 2.21. The normalized spacial score (nSPS) is 11.1. The van der Waals surface area contributed by atoms with Crippen LogP contribution in [0.2, 0.25) is 0 Å². The lowest BCUT2D eigenvalue weighted by molar-refractivity contribution is 0.00578. The predicted octanol–water partition coefficient (Wildman–Crippen LogP) is 3.32. The summed E-state index contributed by atoms with van der Waals surface area (Å²) in [5.74, 6) is -0.151. The Morgan fingerprint density at radius 1 is 1.14 bits per heavy atom. The predicted molar refractivity (Wildman–Crippen MR) is 82.7 cm³/mol. The van der Waals surface area contributed by atoms with Gasteiger partial charge in [-0.2, -0.15) is 0 Å². The maximum Gasteiger partial charge on any atom is 0.361 e. The van der Waals surface area contributed by atoms with Crippen molar-refractivity contribution in [3.63, 3.8) is 0 Å². The molecule has 0 aliphatic carbocycles. The second kappa shape index (κ2) is 6.56. The van der Waals surface area contributed by atoms with Crippen LogP contribution in [0.1, 0.15) is 42.5 Å². The molecule has 0 radical (unpaired) electrons. The first kappa shape index (κ1) is 15.9. The minimum absolute atomic E-state index is 0.151. The lowest BCUT2D eigenvalue weighted by atomic mass is 10.2. The average Bonchev–Trinajstić information content (AvgIpc) is 2.45. The summed E-state index contributed by atoms with van der Waals surface area (Å²) in [5, 5.41) is 0. The molecule has 5 heteroatoms. The third-order valence-corrected chi connectivity index (χ3v) is 2.80. The summed E-state index contributed by atoms with van der Waals surface area (Å²) in [6.45, 7) is 7.54. The number of nitrogens with zero attached hydrogens (tertiary/aromatic N) is 2. The smallest absolute Gasteiger partial charge is 0.361 e. The number of ether oxygens (including phenoxy) is 2. The summed E-state index contributed by atoms with van der Waals surface area (Å²) < 4.78 is 11.1. The van der Waals surface area contributed by atoms with Gasteiger partial charge in [-0.25, -0.2) is 14.8 Å². The molecular formula is C17H20N2O3. The van der Waals surface area contributed by atoms with Crippen molar-refractivity contribution in [2.24, 2.45) is 0 Å². The van der Waals surface area contributed by atoms with E-state index in [2.05, 4.69) is 9.97 Å². The van der Waals surface area contributed by atoms with Gasteiger partial charge in [-0.15, -0.1) is 0 Å². The van der Waals surface area contributed by atoms with E-state index in [4.69, 9.17) is 9.47 Å². The quantitative estimate of drug-likeness (QED) is 0.811. The van der Waals surface area contributed by atoms with Crippen LogP contribution in [0.25, 0.3) is 0 Å². The molecule has 0 aliphatic rings. The van der Waals surface area contributed by atoms with Crippen LogP contribution < -0.4 is 4.74 Å². The second-order valence-electron chi connectivity index (χ2n) is 5.91. The summed E-state index contributed by atoms with van der Waals surface area (Å²) in [6, 6.07) is 9.70. The Kier molecular flexibility index (Phi) is 4.75. The van der Waals surface area contributed by atoms with E-state index in [-0.39, 0.29) is 5.69 Å². The van der Waals surface area contributed by atoms with Crippen LogP contribution in [0.15, 0.2) is 36.7 Å². The highest BCUT2D eigenvalue weighted by atomic mass is 16.6. The van der Waals surface area contributed by atoms with E-state index < -0.39 is 11.6 Å². The Morgan fingerprint density at radius 2 is 1.82 bits per heavy atom. The molecule has 0 bridgehead atoms. The van der Waals surface area contributed by atoms with Crippen LogP contribution in [0.3, 0.4) is 0 Å². The number of hydrogen-bond donors (Lipinski definition) is 0. The van der Waals surface area contributed by atoms with Crippen LogP contribution in [-0.2, 0) is 11.3 Å². The number of rotatable bonds is 4. The van der Waals surface area contributed by atoms with Gasteiger partial charge in [0, 0.05) is 0 Å². The first-order chi connectivity index (χ1) is 10.4. The van der Waals surface area contributed by atoms with Crippen LogP contribution in [-0.4, -0.2) is 21.5 Å². The third-order valence-electron chi connectivity index (χ3n) is 2.80. The zero-order valence-electron chi connectivity index (χ0n) is 13.3. The zero-order chi connectivity index (χ0) is 16.2. The lowest BCUT2D eigenvalue weighted by Crippen LogP contribution is -2.25. The largest absolute Gasteiger partial charge is 0.484 e. The van der Waals surface area contributed by atoms with E-state index in [0.717, 1.165) is 5.56 Å². The summed E-state index contributed by atoms with van der Waals surface area (Å²) in [7, 11) is 0. The number of carbonyl (C=O) groups excluding carboxylic acids is 1. The molecule has 0 atom stereocenters. The molecule has 0 aliphatic heterocycles. The van der Waals surface area contributed by atoms with Crippen LogP contribution in [0.5, 0.6) is 5.75 Å². The van der Waals surface area contributed by atoms with E-state index in [1.807, 2.05) is 51.1 Å². The van der Waals surface area contributed by atoms with Crippen LogP contribution >= 0.6 is 0 Å². The van der Waals surface area contributed by atoms with Crippen molar-refractivity contribution in [1.82, 2.24) is 9.97 Å². The Morgan fingerprint density at radius 3 is 2.45 bits per heavy atom. The highest BCUT2D eigenvalue weighted by Gasteiger charge is 2.24. The van der Waals surface area contributed by atoms with E-state index >= 15 is 0 Å². The fourth-order valence-corrected chi connectivity index (χ4v) is 1.84. The summed E-state index contributed by atoms with van der Waals surface area (Å²) in [5.41, 5.74) is 1.16. The number of hydrogen-bond acceptors (Lipinski definition) is 5. The maximum absolute atomic E-state index is 12.3. The maximum atomic E-state index is 12.3. The van der Waals surface area contributed by atoms with Gasteiger partial charge in [0.25, 0.3) is 0 Å². The lowest BCUT2D eigenvalue weighted by Gasteiger charge is -2.20. The molecule has 0 saturated heterocycles. The van der Waals surface area contributed by atoms with Gasteiger partial charge in [0.05, 0.1) is 5.69 Å². The molecule has 1 aromatic heterocycles. The van der Waals surface area contributed by atoms with Crippen molar-refractivity contribution >= 4 is 5.97 Å². The fourth-order valence-electron chi connectivity index (χ4n) is 1.84. The molecule has 116 valence electrons. The van der Waals surface area contributed by atoms with E-state index in [0.29, 0.717) is 18.1 Å². The third kappa shape index (κ3) is 4.28. The standard InChI is InChI=1S/C17H20N2O3/c1-12-15(21-10-13-8-6-5-7-9-13)14(19-11-18-12)16(20)22-17(2,3)4/h5-9,11H,10H2,1-4H3. The molecule has 2 rings (SSSR count). The molecule has 0 spiro atoms. The van der Waals surface area contributed by atoms with Gasteiger partial charge in [-0.05, 0) is 33.3 Å². The van der Waals surface area contributed by atoms with Crippen molar-refractivity contribution in [3.05, 3.63) is 53.6 Å². The van der Waals surface area contributed by atoms with Crippen molar-refractivity contribution in [1.29, 1.82) is 0 Å². The van der Waals surface area contributed by atoms with E-state index in [1.165, 1.54) is 6.33 Å². The molecular weight excluding hydrogens is 280 g/mol. The fraction of sp³-hybridized carbons (Fsp3) is 0.353. The van der Waals surface area contributed by atoms with Gasteiger partial charge in [0.15, 0.2) is 11.4 Å². The number of aromatic nitrogens is 2. The number of benzene rings is 1. The van der Waals surface area contributed by atoms with Gasteiger partial charge in [-0.1, -0.05) is 30.3 Å². The second-order valence-corrected chi connectivity index (χ2v) is 5.91. The van der Waals surface area contributed by atoms with E-state index in [1.54, 1.807) is 6.92 Å². The molecule has 22 heavy (non-hydrogen) atoms. The first-order valence-corrected chi connectivity index (χ1v) is 7.08. The Labute approximate surface area is 130 Å². The molecule has 0 N–H and O–H groups in total. The zero-order valence-corrected chi connectivity index (χ0v) is 13.3. The first-order valence-electron chi connectivity index (χ1n) is 7.08. The Hall–Kier alpha value is -2.43. The van der Waals surface area contributed by atoms with E-state index in [9.17, 15) is 4.79 Å². The highest BCUT2D eigenvalue weighted by molar-refractivity contribution is 5.90. The molecule has 0 fully saturated rings. The molecule has 5 nitrogen and oxygen atoms in total. The molecule has 0 unspecified atom stereocenters. The van der Waals surface area contributed by atoms with Crippen LogP contribution in [0, 0.1) is 6.92 Å². The van der Waals surface area contributed by atoms with Crippen molar-refractivity contribution in [2.75, 3.05) is 0 Å². The van der Waals surface area contributed by atoms with Gasteiger partial charge in [-0.3, -0.25) is 0 Å². The van der Waals surface area contributed by atoms with Crippen molar-refractivity contribution in [3.8, 4) is 5.75 Å². The number of aryl methyl sites for hydroxylation is 1. The average molecular weight is 300 g/mol. The van der Waals surface area contributed by atoms with Crippen molar-refractivity contribution in [2.45, 2.75) is 39.9 Å². The van der Waals surface area contributed by atoms with Gasteiger partial charge in [0.1, 0.15) is 18.5 Å². The summed E-state index contributed by atoms with van der Waals surface area (Å²) in [6.07, 6.45) is 1.34. The molecule has 1 aromatic carbocycles. The molecule has 0 amide bonds.